The summed E-state index contributed by atoms with van der Waals surface area (Å²) in [6, 6.07) is 26.1. The van der Waals surface area contributed by atoms with Gasteiger partial charge in [-0.25, -0.2) is 14.0 Å². The van der Waals surface area contributed by atoms with Gasteiger partial charge in [0, 0.05) is 38.6 Å². The minimum atomic E-state index is -0.448. The first-order valence-corrected chi connectivity index (χ1v) is 18.2. The molecule has 280 valence electrons. The van der Waals surface area contributed by atoms with E-state index in [-0.39, 0.29) is 59.4 Å². The summed E-state index contributed by atoms with van der Waals surface area (Å²) in [6.45, 7) is 2.82. The van der Waals surface area contributed by atoms with Gasteiger partial charge in [0.25, 0.3) is 0 Å². The number of urea groups is 2. The molecule has 1 atom stereocenters. The minimum absolute atomic E-state index is 0. The maximum absolute atomic E-state index is 12.9. The Morgan fingerprint density at radius 1 is 0.642 bits per heavy atom. The fourth-order valence-electron chi connectivity index (χ4n) is 6.28. The van der Waals surface area contributed by atoms with Crippen molar-refractivity contribution in [2.45, 2.75) is 38.1 Å². The lowest BCUT2D eigenvalue weighted by molar-refractivity contribution is 0.0797. The summed E-state index contributed by atoms with van der Waals surface area (Å²) in [5.74, 6) is -0.0619. The van der Waals surface area contributed by atoms with Gasteiger partial charge in [-0.15, -0.1) is 24.0 Å². The maximum Gasteiger partial charge on any atom is 0.323 e. The number of carbonyl (C=O) groups excluding carboxylic acids is 4. The molecule has 2 aliphatic heterocycles. The number of hydrogen-bond donors (Lipinski definition) is 4. The van der Waals surface area contributed by atoms with Crippen LogP contribution in [-0.4, -0.2) is 73.2 Å². The van der Waals surface area contributed by atoms with E-state index in [1.807, 2.05) is 37.4 Å². The van der Waals surface area contributed by atoms with Gasteiger partial charge in [0.05, 0.1) is 11.7 Å². The van der Waals surface area contributed by atoms with Gasteiger partial charge in [-0.1, -0.05) is 42.8 Å². The number of ketones is 2. The van der Waals surface area contributed by atoms with E-state index < -0.39 is 6.03 Å². The highest BCUT2D eigenvalue weighted by atomic mass is 127. The fraction of sp³-hybridized carbons (Fsp3) is 0.300. The first-order valence-electron chi connectivity index (χ1n) is 17.4. The number of hydrogen-bond acceptors (Lipinski definition) is 6. The molecule has 0 saturated carbocycles. The van der Waals surface area contributed by atoms with Crippen LogP contribution in [-0.2, 0) is 0 Å². The molecule has 13 heteroatoms. The van der Waals surface area contributed by atoms with Crippen molar-refractivity contribution in [3.63, 3.8) is 0 Å². The van der Waals surface area contributed by atoms with Crippen LogP contribution in [0.2, 0.25) is 0 Å². The molecule has 53 heavy (non-hydrogen) atoms. The summed E-state index contributed by atoms with van der Waals surface area (Å²) in [6.07, 6.45) is 4.80. The zero-order valence-corrected chi connectivity index (χ0v) is 33.7. The number of amides is 4. The first kappa shape index (κ1) is 41.6. The SMILES string of the molecule is CN1CCC(C(=O)c2cccc(NC(=O)Nc3ccccc3Br)c2)CC1.CN1CCCCC1C(=O)c1cccc(NC(=O)Nc2ccc(F)cc2)c1.I. The third-order valence-corrected chi connectivity index (χ3v) is 9.89. The molecular formula is C40H45BrFIN6O4. The van der Waals surface area contributed by atoms with Crippen LogP contribution in [0.25, 0.3) is 0 Å². The van der Waals surface area contributed by atoms with Crippen LogP contribution in [0.1, 0.15) is 52.8 Å². The Bertz CT molecular complexity index is 1870. The molecule has 2 aliphatic rings. The fourth-order valence-corrected chi connectivity index (χ4v) is 6.66. The Morgan fingerprint density at radius 2 is 1.21 bits per heavy atom. The number of rotatable bonds is 8. The topological polar surface area (TPSA) is 123 Å². The van der Waals surface area contributed by atoms with Crippen molar-refractivity contribution >= 4 is 86.3 Å². The third-order valence-electron chi connectivity index (χ3n) is 9.20. The number of piperidine rings is 2. The smallest absolute Gasteiger partial charge is 0.308 e. The summed E-state index contributed by atoms with van der Waals surface area (Å²) in [4.78, 5) is 54.1. The van der Waals surface area contributed by atoms with Gasteiger partial charge in [-0.2, -0.15) is 0 Å². The van der Waals surface area contributed by atoms with Gasteiger partial charge >= 0.3 is 12.1 Å². The average Bonchev–Trinajstić information content (AvgIpc) is 3.14. The standard InChI is InChI=1S/C20H22BrN3O2.C20H22FN3O2.HI/c1-24-11-9-14(10-12-24)19(25)15-5-4-6-16(13-15)22-20(26)23-18-8-3-2-7-17(18)21;1-24-12-3-2-7-18(24)19(25)14-5-4-6-17(13-14)23-20(26)22-16-10-8-15(21)9-11-16;/h2-8,13-14H,9-12H2,1H3,(H2,22,23,26);4-6,8-11,13,18H,2-3,7,12H2,1H3,(H2,22,23,26);1H. The van der Waals surface area contributed by atoms with Crippen molar-refractivity contribution in [2.75, 3.05) is 55.0 Å². The Balaban J connectivity index is 0.000000232. The van der Waals surface area contributed by atoms with E-state index in [2.05, 4.69) is 54.0 Å². The molecule has 0 bridgehead atoms. The predicted molar refractivity (Wildman–Crippen MR) is 223 cm³/mol. The molecule has 2 fully saturated rings. The molecule has 0 aromatic heterocycles. The molecule has 1 unspecified atom stereocenters. The molecule has 0 spiro atoms. The van der Waals surface area contributed by atoms with E-state index in [1.54, 1.807) is 42.5 Å². The van der Waals surface area contributed by atoms with E-state index in [4.69, 9.17) is 0 Å². The second-order valence-electron chi connectivity index (χ2n) is 13.1. The molecule has 2 saturated heterocycles. The largest absolute Gasteiger partial charge is 0.323 e. The number of likely N-dealkylation sites (N-methyl/N-ethyl adjacent to an activating group) is 1. The normalized spacial score (nSPS) is 16.2. The van der Waals surface area contributed by atoms with Crippen LogP contribution < -0.4 is 21.3 Å². The van der Waals surface area contributed by atoms with Gasteiger partial charge in [0.2, 0.25) is 0 Å². The average molecular weight is 900 g/mol. The van der Waals surface area contributed by atoms with Gasteiger partial charge in [0.1, 0.15) is 5.82 Å². The Hall–Kier alpha value is -4.18. The second kappa shape index (κ2) is 20.3. The number of para-hydroxylation sites is 1. The first-order chi connectivity index (χ1) is 25.0. The summed E-state index contributed by atoms with van der Waals surface area (Å²) >= 11 is 3.40. The molecular weight excluding hydrogens is 854 g/mol. The molecule has 0 radical (unpaired) electrons. The number of likely N-dealkylation sites (tertiary alicyclic amines) is 2. The third kappa shape index (κ3) is 12.4. The van der Waals surface area contributed by atoms with Gasteiger partial charge < -0.3 is 26.2 Å². The summed E-state index contributed by atoms with van der Waals surface area (Å²) in [7, 11) is 4.05. The Labute approximate surface area is 335 Å². The number of benzene rings is 4. The van der Waals surface area contributed by atoms with Gasteiger partial charge in [-0.3, -0.25) is 14.5 Å². The second-order valence-corrected chi connectivity index (χ2v) is 14.0. The highest BCUT2D eigenvalue weighted by Gasteiger charge is 2.27. The number of nitrogens with one attached hydrogen (secondary N) is 4. The zero-order valence-electron chi connectivity index (χ0n) is 29.7. The lowest BCUT2D eigenvalue weighted by atomic mass is 9.89. The molecule has 4 aromatic carbocycles. The highest BCUT2D eigenvalue weighted by Crippen LogP contribution is 2.25. The Kier molecular flexibility index (Phi) is 15.9. The van der Waals surface area contributed by atoms with Gasteiger partial charge in [-0.05, 0) is 136 Å². The van der Waals surface area contributed by atoms with Crippen molar-refractivity contribution in [3.05, 3.63) is 118 Å². The zero-order chi connectivity index (χ0) is 37.0. The summed E-state index contributed by atoms with van der Waals surface area (Å²) in [5.41, 5.74) is 3.55. The van der Waals surface area contributed by atoms with E-state index in [0.717, 1.165) is 56.2 Å². The number of anilines is 4. The molecule has 4 aromatic rings. The molecule has 4 N–H and O–H groups in total. The number of Topliss-reactive ketones (excluding diaryl/α,β-unsaturated/α-hetero) is 2. The minimum Gasteiger partial charge on any atom is -0.308 e. The quantitative estimate of drug-likeness (QED) is 0.103. The number of carbonyl (C=O) groups is 4. The highest BCUT2D eigenvalue weighted by molar-refractivity contribution is 14.0. The van der Waals surface area contributed by atoms with Gasteiger partial charge in [0.15, 0.2) is 11.6 Å². The summed E-state index contributed by atoms with van der Waals surface area (Å²) < 4.78 is 13.7. The van der Waals surface area contributed by atoms with Crippen LogP contribution in [0.3, 0.4) is 0 Å². The maximum atomic E-state index is 12.9. The molecule has 4 amide bonds. The van der Waals surface area contributed by atoms with Crippen molar-refractivity contribution < 1.29 is 23.6 Å². The van der Waals surface area contributed by atoms with Crippen molar-refractivity contribution in [1.82, 2.24) is 9.80 Å². The molecule has 6 rings (SSSR count). The van der Waals surface area contributed by atoms with E-state index >= 15 is 0 Å². The van der Waals surface area contributed by atoms with Crippen molar-refractivity contribution in [2.24, 2.45) is 5.92 Å². The van der Waals surface area contributed by atoms with Crippen LogP contribution in [0, 0.1) is 11.7 Å². The molecule has 0 aliphatic carbocycles. The summed E-state index contributed by atoms with van der Waals surface area (Å²) in [5, 5.41) is 10.9. The van der Waals surface area contributed by atoms with Crippen LogP contribution in [0.15, 0.2) is 102 Å². The lowest BCUT2D eigenvalue weighted by Gasteiger charge is -2.31. The van der Waals surface area contributed by atoms with Crippen LogP contribution >= 0.6 is 39.9 Å². The molecule has 2 heterocycles. The predicted octanol–water partition coefficient (Wildman–Crippen LogP) is 9.37. The van der Waals surface area contributed by atoms with Crippen LogP contribution in [0.4, 0.5) is 36.7 Å². The van der Waals surface area contributed by atoms with Crippen LogP contribution in [0.5, 0.6) is 0 Å². The molecule has 10 nitrogen and oxygen atoms in total. The van der Waals surface area contributed by atoms with E-state index in [0.29, 0.717) is 33.9 Å². The number of nitrogens with zero attached hydrogens (tertiary/aromatic N) is 2. The van der Waals surface area contributed by atoms with Crippen molar-refractivity contribution in [1.29, 1.82) is 0 Å². The number of halogens is 3. The van der Waals surface area contributed by atoms with E-state index in [9.17, 15) is 23.6 Å². The Morgan fingerprint density at radius 3 is 1.81 bits per heavy atom. The van der Waals surface area contributed by atoms with E-state index in [1.165, 1.54) is 24.3 Å². The lowest BCUT2D eigenvalue weighted by Crippen LogP contribution is -2.42. The monoisotopic (exact) mass is 898 g/mol. The van der Waals surface area contributed by atoms with Crippen molar-refractivity contribution in [3.8, 4) is 0 Å².